The molecule has 2 rings (SSSR count). The highest BCUT2D eigenvalue weighted by atomic mass is 19.1. The molecule has 0 radical (unpaired) electrons. The van der Waals surface area contributed by atoms with Crippen molar-refractivity contribution in [3.05, 3.63) is 29.6 Å². The van der Waals surface area contributed by atoms with Crippen LogP contribution in [-0.2, 0) is 0 Å². The first kappa shape index (κ1) is 13.3. The molecule has 4 heteroatoms. The minimum absolute atomic E-state index is 0.220. The van der Waals surface area contributed by atoms with Gasteiger partial charge in [0.05, 0.1) is 11.3 Å². The van der Waals surface area contributed by atoms with Gasteiger partial charge in [-0.2, -0.15) is 0 Å². The Morgan fingerprint density at radius 3 is 2.83 bits per heavy atom. The maximum Gasteiger partial charge on any atom is 0.146 e. The minimum Gasteiger partial charge on any atom is -0.388 e. The fourth-order valence-electron chi connectivity index (χ4n) is 2.64. The summed E-state index contributed by atoms with van der Waals surface area (Å²) in [6, 6.07) is 4.76. The molecule has 0 amide bonds. The van der Waals surface area contributed by atoms with Crippen molar-refractivity contribution in [1.82, 2.24) is 0 Å². The molecule has 2 unspecified atom stereocenters. The van der Waals surface area contributed by atoms with Crippen LogP contribution < -0.4 is 10.6 Å². The molecule has 0 bridgehead atoms. The maximum atomic E-state index is 14.1. The second-order valence-corrected chi connectivity index (χ2v) is 5.49. The number of piperidine rings is 1. The van der Waals surface area contributed by atoms with Crippen LogP contribution in [0.2, 0.25) is 0 Å². The van der Waals surface area contributed by atoms with Crippen LogP contribution in [0.3, 0.4) is 0 Å². The first-order chi connectivity index (χ1) is 8.41. The Balaban J connectivity index is 2.38. The van der Waals surface area contributed by atoms with Gasteiger partial charge in [-0.25, -0.2) is 4.39 Å². The van der Waals surface area contributed by atoms with Gasteiger partial charge in [0.15, 0.2) is 0 Å². The lowest BCUT2D eigenvalue weighted by Crippen LogP contribution is -2.47. The lowest BCUT2D eigenvalue weighted by atomic mass is 9.93. The summed E-state index contributed by atoms with van der Waals surface area (Å²) in [6.07, 6.45) is 1.62. The topological polar surface area (TPSA) is 49.5 Å². The summed E-state index contributed by atoms with van der Waals surface area (Å²) in [5, 5.41) is 10.1. The Kier molecular flexibility index (Phi) is 3.59. The van der Waals surface area contributed by atoms with Gasteiger partial charge >= 0.3 is 0 Å². The smallest absolute Gasteiger partial charge is 0.146 e. The first-order valence-electron chi connectivity index (χ1n) is 6.42. The SMILES string of the molecule is CC(N)c1cccc(F)c1N1CCCC(C)(O)C1. The fraction of sp³-hybridized carbons (Fsp3) is 0.571. The van der Waals surface area contributed by atoms with Gasteiger partial charge < -0.3 is 15.7 Å². The van der Waals surface area contributed by atoms with Crippen LogP contribution in [0.1, 0.15) is 38.3 Å². The monoisotopic (exact) mass is 252 g/mol. The zero-order chi connectivity index (χ0) is 13.3. The number of hydrogen-bond acceptors (Lipinski definition) is 3. The lowest BCUT2D eigenvalue weighted by Gasteiger charge is -2.39. The Hall–Kier alpha value is -1.13. The molecule has 0 aromatic heterocycles. The summed E-state index contributed by atoms with van der Waals surface area (Å²) in [7, 11) is 0. The van der Waals surface area contributed by atoms with Crippen LogP contribution in [0, 0.1) is 5.82 Å². The molecule has 0 spiro atoms. The number of aliphatic hydroxyl groups is 1. The van der Waals surface area contributed by atoms with Crippen molar-refractivity contribution in [2.45, 2.75) is 38.3 Å². The van der Waals surface area contributed by atoms with Gasteiger partial charge in [0.25, 0.3) is 0 Å². The van der Waals surface area contributed by atoms with E-state index in [-0.39, 0.29) is 11.9 Å². The van der Waals surface area contributed by atoms with Crippen molar-refractivity contribution in [3.8, 4) is 0 Å². The van der Waals surface area contributed by atoms with Gasteiger partial charge in [-0.1, -0.05) is 12.1 Å². The molecular formula is C14H21FN2O. The molecule has 3 N–H and O–H groups in total. The zero-order valence-corrected chi connectivity index (χ0v) is 11.0. The third-order valence-electron chi connectivity index (χ3n) is 3.50. The summed E-state index contributed by atoms with van der Waals surface area (Å²) in [5.41, 5.74) is 6.49. The molecule has 0 saturated carbocycles. The summed E-state index contributed by atoms with van der Waals surface area (Å²) < 4.78 is 14.1. The lowest BCUT2D eigenvalue weighted by molar-refractivity contribution is 0.0447. The molecule has 1 fully saturated rings. The molecule has 1 heterocycles. The Labute approximate surface area is 107 Å². The van der Waals surface area contributed by atoms with Crippen LogP contribution in [0.15, 0.2) is 18.2 Å². The molecule has 1 aromatic carbocycles. The highest BCUT2D eigenvalue weighted by Crippen LogP contribution is 2.32. The number of rotatable bonds is 2. The summed E-state index contributed by atoms with van der Waals surface area (Å²) in [4.78, 5) is 1.91. The van der Waals surface area contributed by atoms with Crippen molar-refractivity contribution in [2.75, 3.05) is 18.0 Å². The molecular weight excluding hydrogens is 231 g/mol. The number of anilines is 1. The normalized spacial score (nSPS) is 26.2. The maximum absolute atomic E-state index is 14.1. The Morgan fingerprint density at radius 2 is 2.22 bits per heavy atom. The number of hydrogen-bond donors (Lipinski definition) is 2. The molecule has 2 atom stereocenters. The van der Waals surface area contributed by atoms with E-state index in [0.29, 0.717) is 12.2 Å². The molecule has 1 aliphatic heterocycles. The molecule has 1 aromatic rings. The van der Waals surface area contributed by atoms with Gasteiger partial charge in [-0.05, 0) is 38.3 Å². The predicted octanol–water partition coefficient (Wildman–Crippen LogP) is 2.20. The van der Waals surface area contributed by atoms with Crippen molar-refractivity contribution in [2.24, 2.45) is 5.73 Å². The average molecular weight is 252 g/mol. The van der Waals surface area contributed by atoms with Crippen molar-refractivity contribution < 1.29 is 9.50 Å². The standard InChI is InChI=1S/C14H21FN2O/c1-10(16)11-5-3-6-12(15)13(11)17-8-4-7-14(2,18)9-17/h3,5-6,10,18H,4,7-9,16H2,1-2H3. The number of β-amino-alcohol motifs (C(OH)–C–C–N with tert-alkyl or cyclic N) is 1. The van der Waals surface area contributed by atoms with E-state index in [0.717, 1.165) is 24.9 Å². The third kappa shape index (κ3) is 2.65. The van der Waals surface area contributed by atoms with E-state index in [2.05, 4.69) is 0 Å². The number of nitrogens with two attached hydrogens (primary N) is 1. The highest BCUT2D eigenvalue weighted by molar-refractivity contribution is 5.56. The van der Waals surface area contributed by atoms with Crippen LogP contribution in [0.25, 0.3) is 0 Å². The second-order valence-electron chi connectivity index (χ2n) is 5.49. The molecule has 100 valence electrons. The van der Waals surface area contributed by atoms with Crippen LogP contribution in [-0.4, -0.2) is 23.8 Å². The summed E-state index contributed by atoms with van der Waals surface area (Å²) in [6.45, 7) is 4.86. The quantitative estimate of drug-likeness (QED) is 0.848. The molecule has 0 aliphatic carbocycles. The summed E-state index contributed by atoms with van der Waals surface area (Å²) in [5.74, 6) is -0.262. The van der Waals surface area contributed by atoms with E-state index in [1.54, 1.807) is 13.0 Å². The van der Waals surface area contributed by atoms with E-state index in [9.17, 15) is 9.50 Å². The highest BCUT2D eigenvalue weighted by Gasteiger charge is 2.31. The van der Waals surface area contributed by atoms with Crippen molar-refractivity contribution in [1.29, 1.82) is 0 Å². The molecule has 3 nitrogen and oxygen atoms in total. The molecule has 18 heavy (non-hydrogen) atoms. The number of nitrogens with zero attached hydrogens (tertiary/aromatic N) is 1. The van der Waals surface area contributed by atoms with E-state index in [4.69, 9.17) is 5.73 Å². The van der Waals surface area contributed by atoms with Gasteiger partial charge in [0.2, 0.25) is 0 Å². The third-order valence-corrected chi connectivity index (χ3v) is 3.50. The van der Waals surface area contributed by atoms with E-state index in [1.165, 1.54) is 6.07 Å². The predicted molar refractivity (Wildman–Crippen MR) is 71.1 cm³/mol. The van der Waals surface area contributed by atoms with Gasteiger partial charge in [-0.15, -0.1) is 0 Å². The van der Waals surface area contributed by atoms with Gasteiger partial charge in [-0.3, -0.25) is 0 Å². The van der Waals surface area contributed by atoms with E-state index < -0.39 is 5.60 Å². The van der Waals surface area contributed by atoms with Gasteiger partial charge in [0, 0.05) is 19.1 Å². The average Bonchev–Trinajstić information content (AvgIpc) is 2.27. The number of halogens is 1. The second kappa shape index (κ2) is 4.86. The Morgan fingerprint density at radius 1 is 1.50 bits per heavy atom. The number of benzene rings is 1. The molecule has 1 aliphatic rings. The van der Waals surface area contributed by atoms with Crippen LogP contribution >= 0.6 is 0 Å². The van der Waals surface area contributed by atoms with Crippen LogP contribution in [0.5, 0.6) is 0 Å². The summed E-state index contributed by atoms with van der Waals surface area (Å²) >= 11 is 0. The van der Waals surface area contributed by atoms with Crippen LogP contribution in [0.4, 0.5) is 10.1 Å². The largest absolute Gasteiger partial charge is 0.388 e. The van der Waals surface area contributed by atoms with E-state index in [1.807, 2.05) is 17.9 Å². The first-order valence-corrected chi connectivity index (χ1v) is 6.42. The minimum atomic E-state index is -0.754. The Bertz CT molecular complexity index is 432. The number of para-hydroxylation sites is 1. The molecule has 1 saturated heterocycles. The zero-order valence-electron chi connectivity index (χ0n) is 11.0. The van der Waals surface area contributed by atoms with Gasteiger partial charge in [0.1, 0.15) is 5.82 Å². The fourth-order valence-corrected chi connectivity index (χ4v) is 2.64. The van der Waals surface area contributed by atoms with E-state index >= 15 is 0 Å². The van der Waals surface area contributed by atoms with Crippen molar-refractivity contribution in [3.63, 3.8) is 0 Å². The van der Waals surface area contributed by atoms with Crippen molar-refractivity contribution >= 4 is 5.69 Å².